The Hall–Kier alpha value is -2.45. The lowest BCUT2D eigenvalue weighted by atomic mass is 10.1. The summed E-state index contributed by atoms with van der Waals surface area (Å²) in [4.78, 5) is 21.5. The monoisotopic (exact) mass is 550 g/mol. The van der Waals surface area contributed by atoms with E-state index in [2.05, 4.69) is 30.7 Å². The molecule has 38 heavy (non-hydrogen) atoms. The average molecular weight is 552 g/mol. The third kappa shape index (κ3) is 5.34. The molecule has 7 nitrogen and oxygen atoms in total. The fourth-order valence-corrected chi connectivity index (χ4v) is 6.92. The predicted molar refractivity (Wildman–Crippen MR) is 150 cm³/mol. The van der Waals surface area contributed by atoms with Crippen LogP contribution in [0.2, 0.25) is 10.0 Å². The summed E-state index contributed by atoms with van der Waals surface area (Å²) in [6, 6.07) is 10.2. The second-order valence-electron chi connectivity index (χ2n) is 11.2. The predicted octanol–water partition coefficient (Wildman–Crippen LogP) is 5.76. The van der Waals surface area contributed by atoms with Gasteiger partial charge in [0.15, 0.2) is 5.75 Å². The fourth-order valence-electron chi connectivity index (χ4n) is 6.39. The van der Waals surface area contributed by atoms with Gasteiger partial charge in [0.05, 0.1) is 18.1 Å². The molecule has 2 unspecified atom stereocenters. The Kier molecular flexibility index (Phi) is 6.64. The van der Waals surface area contributed by atoms with Crippen molar-refractivity contribution in [2.24, 2.45) is 11.8 Å². The number of anilines is 1. The molecule has 9 heteroatoms. The lowest BCUT2D eigenvalue weighted by Gasteiger charge is -2.34. The number of aromatic nitrogens is 3. The quantitative estimate of drug-likeness (QED) is 0.386. The first-order chi connectivity index (χ1) is 18.6. The molecular weight excluding hydrogens is 519 g/mol. The van der Waals surface area contributed by atoms with E-state index in [1.54, 1.807) is 18.5 Å². The van der Waals surface area contributed by atoms with Crippen LogP contribution in [0.5, 0.6) is 11.6 Å². The highest BCUT2D eigenvalue weighted by Gasteiger charge is 2.38. The van der Waals surface area contributed by atoms with Crippen molar-refractivity contribution in [3.63, 3.8) is 0 Å². The Labute approximate surface area is 233 Å². The number of pyridine rings is 1. The zero-order valence-electron chi connectivity index (χ0n) is 21.4. The Morgan fingerprint density at radius 2 is 1.61 bits per heavy atom. The molecule has 1 aromatic carbocycles. The lowest BCUT2D eigenvalue weighted by molar-refractivity contribution is 0.266. The van der Waals surface area contributed by atoms with Crippen molar-refractivity contribution < 1.29 is 4.74 Å². The minimum Gasteiger partial charge on any atom is -0.436 e. The van der Waals surface area contributed by atoms with Gasteiger partial charge in [-0.15, -0.1) is 0 Å². The van der Waals surface area contributed by atoms with Gasteiger partial charge in [0.1, 0.15) is 0 Å². The molecule has 3 aromatic rings. The molecule has 2 bridgehead atoms. The summed E-state index contributed by atoms with van der Waals surface area (Å²) in [5, 5.41) is 1.17. The number of hydrogen-bond donors (Lipinski definition) is 0. The number of halogens is 2. The topological polar surface area (TPSA) is 57.6 Å². The third-order valence-electron chi connectivity index (χ3n) is 8.57. The normalized spacial score (nSPS) is 26.6. The van der Waals surface area contributed by atoms with Gasteiger partial charge in [0.25, 0.3) is 0 Å². The van der Waals surface area contributed by atoms with Crippen molar-refractivity contribution in [2.45, 2.75) is 38.3 Å². The van der Waals surface area contributed by atoms with Gasteiger partial charge in [-0.25, -0.2) is 15.0 Å². The van der Waals surface area contributed by atoms with Crippen LogP contribution in [0.15, 0.2) is 42.7 Å². The van der Waals surface area contributed by atoms with Crippen LogP contribution in [0.25, 0.3) is 11.3 Å². The number of rotatable bonds is 6. The van der Waals surface area contributed by atoms with Gasteiger partial charge in [-0.1, -0.05) is 23.2 Å². The zero-order chi connectivity index (χ0) is 25.6. The third-order valence-corrected chi connectivity index (χ3v) is 9.00. The van der Waals surface area contributed by atoms with E-state index in [9.17, 15) is 0 Å². The average Bonchev–Trinajstić information content (AvgIpc) is 3.60. The number of ether oxygens (including phenoxy) is 1. The number of fused-ring (bicyclic) bond motifs is 3. The number of hydrogen-bond acceptors (Lipinski definition) is 7. The fraction of sp³-hybridized carbons (Fsp3) is 0.483. The van der Waals surface area contributed by atoms with Gasteiger partial charge in [-0.05, 0) is 80.4 Å². The van der Waals surface area contributed by atoms with Crippen molar-refractivity contribution in [3.8, 4) is 22.9 Å². The molecule has 3 saturated heterocycles. The van der Waals surface area contributed by atoms with Gasteiger partial charge in [-0.3, -0.25) is 9.80 Å². The molecule has 3 aliphatic heterocycles. The molecule has 198 valence electrons. The van der Waals surface area contributed by atoms with Crippen LogP contribution in [0.1, 0.15) is 31.2 Å². The summed E-state index contributed by atoms with van der Waals surface area (Å²) < 4.78 is 6.24. The standard InChI is InChI=1S/C29H32Cl2N6O/c30-23-12-22(13-24(31)14-23)27-9-19(17-35-4-1-20-11-21(20)2-5-35)10-28(34-27)38-26-15-32-29(33-16-26)37-8-7-36-6-3-25(37)18-36/h9-10,12-16,20-21,25H,1-8,11,17-18H2/t20-,21+,25?. The molecule has 4 aliphatic rings. The number of piperazine rings is 1. The molecule has 0 radical (unpaired) electrons. The maximum Gasteiger partial charge on any atom is 0.225 e. The molecule has 7 rings (SSSR count). The largest absolute Gasteiger partial charge is 0.436 e. The van der Waals surface area contributed by atoms with Crippen molar-refractivity contribution >= 4 is 29.2 Å². The minimum absolute atomic E-state index is 0.505. The molecule has 0 spiro atoms. The molecular formula is C29H32Cl2N6O. The van der Waals surface area contributed by atoms with Crippen LogP contribution in [-0.2, 0) is 6.54 Å². The van der Waals surface area contributed by atoms with Crippen molar-refractivity contribution in [2.75, 3.05) is 44.2 Å². The summed E-state index contributed by atoms with van der Waals surface area (Å²) >= 11 is 12.7. The molecule has 5 heterocycles. The van der Waals surface area contributed by atoms with Crippen molar-refractivity contribution in [3.05, 3.63) is 58.3 Å². The Bertz CT molecular complexity index is 1290. The van der Waals surface area contributed by atoms with E-state index in [0.717, 1.165) is 73.9 Å². The Morgan fingerprint density at radius 3 is 2.37 bits per heavy atom. The first-order valence-electron chi connectivity index (χ1n) is 13.7. The smallest absolute Gasteiger partial charge is 0.225 e. The zero-order valence-corrected chi connectivity index (χ0v) is 22.9. The molecule has 2 aromatic heterocycles. The first-order valence-corrected chi connectivity index (χ1v) is 14.5. The van der Waals surface area contributed by atoms with Gasteiger partial charge in [0, 0.05) is 60.4 Å². The Balaban J connectivity index is 1.14. The SMILES string of the molecule is Clc1cc(Cl)cc(-c2cc(CN3CC[C@@H]4C[C@@H]4CC3)cc(Oc3cnc(N4CCN5CCC4C5)nc3)n2)c1. The van der Waals surface area contributed by atoms with Gasteiger partial charge in [-0.2, -0.15) is 0 Å². The highest BCUT2D eigenvalue weighted by molar-refractivity contribution is 6.35. The second-order valence-corrected chi connectivity index (χ2v) is 12.1. The van der Waals surface area contributed by atoms with Gasteiger partial charge < -0.3 is 9.64 Å². The second kappa shape index (κ2) is 10.3. The van der Waals surface area contributed by atoms with Crippen LogP contribution in [-0.4, -0.2) is 70.1 Å². The van der Waals surface area contributed by atoms with Gasteiger partial charge in [0.2, 0.25) is 11.8 Å². The van der Waals surface area contributed by atoms with E-state index >= 15 is 0 Å². The molecule has 4 fully saturated rings. The summed E-state index contributed by atoms with van der Waals surface area (Å²) in [6.45, 7) is 7.46. The maximum atomic E-state index is 6.33. The van der Waals surface area contributed by atoms with E-state index in [0.29, 0.717) is 27.7 Å². The molecule has 1 aliphatic carbocycles. The van der Waals surface area contributed by atoms with Gasteiger partial charge >= 0.3 is 0 Å². The molecule has 1 saturated carbocycles. The number of nitrogens with zero attached hydrogens (tertiary/aromatic N) is 6. The van der Waals surface area contributed by atoms with E-state index in [1.165, 1.54) is 32.2 Å². The molecule has 0 amide bonds. The molecule has 4 atom stereocenters. The van der Waals surface area contributed by atoms with Crippen LogP contribution in [0, 0.1) is 11.8 Å². The first kappa shape index (κ1) is 24.6. The van der Waals surface area contributed by atoms with E-state index in [-0.39, 0.29) is 0 Å². The summed E-state index contributed by atoms with van der Waals surface area (Å²) in [6.07, 6.45) is 8.72. The van der Waals surface area contributed by atoms with E-state index < -0.39 is 0 Å². The number of likely N-dealkylation sites (tertiary alicyclic amines) is 1. The van der Waals surface area contributed by atoms with Crippen molar-refractivity contribution in [1.29, 1.82) is 0 Å². The van der Waals surface area contributed by atoms with Crippen molar-refractivity contribution in [1.82, 2.24) is 24.8 Å². The summed E-state index contributed by atoms with van der Waals surface area (Å²) in [7, 11) is 0. The highest BCUT2D eigenvalue weighted by atomic mass is 35.5. The maximum absolute atomic E-state index is 6.33. The highest BCUT2D eigenvalue weighted by Crippen LogP contribution is 2.45. The van der Waals surface area contributed by atoms with Crippen LogP contribution < -0.4 is 9.64 Å². The van der Waals surface area contributed by atoms with E-state index in [1.807, 2.05) is 18.2 Å². The lowest BCUT2D eigenvalue weighted by Crippen LogP contribution is -2.47. The molecule has 0 N–H and O–H groups in total. The Morgan fingerprint density at radius 1 is 0.842 bits per heavy atom. The summed E-state index contributed by atoms with van der Waals surface area (Å²) in [5.74, 6) is 3.77. The van der Waals surface area contributed by atoms with Crippen LogP contribution in [0.4, 0.5) is 5.95 Å². The summed E-state index contributed by atoms with van der Waals surface area (Å²) in [5.41, 5.74) is 2.82. The van der Waals surface area contributed by atoms with E-state index in [4.69, 9.17) is 32.9 Å². The minimum atomic E-state index is 0.505. The number of benzene rings is 1. The van der Waals surface area contributed by atoms with Crippen LogP contribution in [0.3, 0.4) is 0 Å². The van der Waals surface area contributed by atoms with Crippen LogP contribution >= 0.6 is 23.2 Å².